The molecule has 3 rings (SSSR count). The van der Waals surface area contributed by atoms with Gasteiger partial charge in [-0.1, -0.05) is 0 Å². The van der Waals surface area contributed by atoms with Crippen LogP contribution in [0.4, 0.5) is 5.69 Å². The molecule has 2 atom stereocenters. The number of hydrogen-bond donors (Lipinski definition) is 1. The number of aromatic hydroxyl groups is 1. The van der Waals surface area contributed by atoms with E-state index in [1.165, 1.54) is 17.7 Å². The van der Waals surface area contributed by atoms with E-state index in [-0.39, 0.29) is 0 Å². The molecule has 2 unspecified atom stereocenters. The van der Waals surface area contributed by atoms with Gasteiger partial charge < -0.3 is 10.0 Å². The monoisotopic (exact) mass is 296 g/mol. The summed E-state index contributed by atoms with van der Waals surface area (Å²) in [6.45, 7) is 1.13. The summed E-state index contributed by atoms with van der Waals surface area (Å²) in [6, 6.07) is 3.72. The van der Waals surface area contributed by atoms with Gasteiger partial charge in [-0.15, -0.1) is 0 Å². The highest BCUT2D eigenvalue weighted by Crippen LogP contribution is 2.47. The molecule has 1 aromatic carbocycles. The summed E-state index contributed by atoms with van der Waals surface area (Å²) in [7, 11) is 4.33. The van der Waals surface area contributed by atoms with E-state index < -0.39 is 0 Å². The molecular formula is C13H17BrN2O. The van der Waals surface area contributed by atoms with E-state index in [4.69, 9.17) is 0 Å². The molecule has 2 heterocycles. The summed E-state index contributed by atoms with van der Waals surface area (Å²) >= 11 is 3.58. The maximum atomic E-state index is 9.75. The van der Waals surface area contributed by atoms with Gasteiger partial charge in [-0.05, 0) is 59.4 Å². The summed E-state index contributed by atoms with van der Waals surface area (Å²) < 4.78 is 1.00. The average molecular weight is 297 g/mol. The Bertz CT molecular complexity index is 463. The van der Waals surface area contributed by atoms with E-state index >= 15 is 0 Å². The molecule has 0 aliphatic carbocycles. The fourth-order valence-corrected chi connectivity index (χ4v) is 3.98. The molecule has 4 heteroatoms. The Balaban J connectivity index is 2.15. The molecule has 3 nitrogen and oxygen atoms in total. The van der Waals surface area contributed by atoms with Crippen molar-refractivity contribution >= 4 is 21.6 Å². The smallest absolute Gasteiger partial charge is 0.117 e. The molecule has 1 fully saturated rings. The molecule has 1 saturated heterocycles. The summed E-state index contributed by atoms with van der Waals surface area (Å²) in [4.78, 5) is 4.74. The van der Waals surface area contributed by atoms with Crippen molar-refractivity contribution in [3.8, 4) is 5.75 Å². The number of phenolic OH excluding ortho intramolecular Hbond substituents is 1. The minimum Gasteiger partial charge on any atom is -0.508 e. The first-order valence-electron chi connectivity index (χ1n) is 6.03. The molecule has 2 aliphatic heterocycles. The third-order valence-electron chi connectivity index (χ3n) is 4.15. The van der Waals surface area contributed by atoms with E-state index in [1.54, 1.807) is 6.07 Å². The van der Waals surface area contributed by atoms with Gasteiger partial charge in [0.05, 0.1) is 11.9 Å². The van der Waals surface area contributed by atoms with Crippen LogP contribution in [-0.4, -0.2) is 36.8 Å². The van der Waals surface area contributed by atoms with Gasteiger partial charge in [-0.3, -0.25) is 4.90 Å². The molecule has 2 aliphatic rings. The fourth-order valence-electron chi connectivity index (χ4n) is 3.23. The Morgan fingerprint density at radius 2 is 2.12 bits per heavy atom. The SMILES string of the molecule is CN1CCC2CC1N(C)c1c(Br)cc(O)cc12. The highest BCUT2D eigenvalue weighted by Gasteiger charge is 2.37. The van der Waals surface area contributed by atoms with Crippen molar-refractivity contribution in [3.05, 3.63) is 22.2 Å². The molecule has 2 bridgehead atoms. The van der Waals surface area contributed by atoms with Crippen LogP contribution in [0.1, 0.15) is 24.3 Å². The lowest BCUT2D eigenvalue weighted by Gasteiger charge is -2.48. The third kappa shape index (κ3) is 1.66. The second-order valence-electron chi connectivity index (χ2n) is 5.16. The number of hydrogen-bond acceptors (Lipinski definition) is 3. The summed E-state index contributed by atoms with van der Waals surface area (Å²) in [5.41, 5.74) is 2.54. The second-order valence-corrected chi connectivity index (χ2v) is 6.01. The molecule has 0 radical (unpaired) electrons. The van der Waals surface area contributed by atoms with Crippen LogP contribution in [-0.2, 0) is 0 Å². The van der Waals surface area contributed by atoms with Crippen LogP contribution in [0.15, 0.2) is 16.6 Å². The lowest BCUT2D eigenvalue weighted by molar-refractivity contribution is 0.159. The quantitative estimate of drug-likeness (QED) is 0.797. The van der Waals surface area contributed by atoms with Crippen LogP contribution < -0.4 is 4.90 Å². The Labute approximate surface area is 110 Å². The van der Waals surface area contributed by atoms with Gasteiger partial charge in [0.1, 0.15) is 5.75 Å². The van der Waals surface area contributed by atoms with E-state index in [2.05, 4.69) is 39.8 Å². The van der Waals surface area contributed by atoms with Crippen molar-refractivity contribution in [1.82, 2.24) is 4.90 Å². The van der Waals surface area contributed by atoms with E-state index in [0.717, 1.165) is 17.4 Å². The van der Waals surface area contributed by atoms with Gasteiger partial charge in [-0.2, -0.15) is 0 Å². The Kier molecular flexibility index (Phi) is 2.60. The fraction of sp³-hybridized carbons (Fsp3) is 0.538. The predicted octanol–water partition coefficient (Wildman–Crippen LogP) is 2.74. The molecule has 0 saturated carbocycles. The van der Waals surface area contributed by atoms with Gasteiger partial charge in [0, 0.05) is 18.1 Å². The number of fused-ring (bicyclic) bond motifs is 4. The van der Waals surface area contributed by atoms with E-state index in [0.29, 0.717) is 17.8 Å². The number of phenols is 1. The Hall–Kier alpha value is -0.740. The molecule has 1 aromatic rings. The van der Waals surface area contributed by atoms with Crippen LogP contribution in [0.2, 0.25) is 0 Å². The summed E-state index contributed by atoms with van der Waals surface area (Å²) in [5.74, 6) is 0.951. The average Bonchev–Trinajstić information content (AvgIpc) is 2.27. The normalized spacial score (nSPS) is 28.1. The van der Waals surface area contributed by atoms with Crippen LogP contribution in [0.3, 0.4) is 0 Å². The van der Waals surface area contributed by atoms with Crippen molar-refractivity contribution in [2.75, 3.05) is 25.5 Å². The van der Waals surface area contributed by atoms with Gasteiger partial charge in [0.15, 0.2) is 0 Å². The van der Waals surface area contributed by atoms with Crippen molar-refractivity contribution in [2.24, 2.45) is 0 Å². The lowest BCUT2D eigenvalue weighted by Crippen LogP contribution is -2.52. The third-order valence-corrected chi connectivity index (χ3v) is 4.76. The van der Waals surface area contributed by atoms with Gasteiger partial charge in [0.25, 0.3) is 0 Å². The Morgan fingerprint density at radius 3 is 2.88 bits per heavy atom. The zero-order valence-corrected chi connectivity index (χ0v) is 11.7. The number of anilines is 1. The number of rotatable bonds is 0. The largest absolute Gasteiger partial charge is 0.508 e. The van der Waals surface area contributed by atoms with Gasteiger partial charge >= 0.3 is 0 Å². The minimum atomic E-state index is 0.362. The maximum Gasteiger partial charge on any atom is 0.117 e. The number of likely N-dealkylation sites (tertiary alicyclic amines) is 1. The molecule has 0 spiro atoms. The van der Waals surface area contributed by atoms with Gasteiger partial charge in [0.2, 0.25) is 0 Å². The van der Waals surface area contributed by atoms with E-state index in [9.17, 15) is 5.11 Å². The van der Waals surface area contributed by atoms with Crippen molar-refractivity contribution in [2.45, 2.75) is 24.9 Å². The number of piperidine rings is 1. The van der Waals surface area contributed by atoms with Crippen LogP contribution in [0.25, 0.3) is 0 Å². The highest BCUT2D eigenvalue weighted by molar-refractivity contribution is 9.10. The highest BCUT2D eigenvalue weighted by atomic mass is 79.9. The number of halogens is 1. The van der Waals surface area contributed by atoms with Crippen molar-refractivity contribution < 1.29 is 5.11 Å². The molecule has 1 N–H and O–H groups in total. The summed E-state index contributed by atoms with van der Waals surface area (Å²) in [5, 5.41) is 9.75. The molecule has 0 aromatic heterocycles. The number of nitrogens with zero attached hydrogens (tertiary/aromatic N) is 2. The second kappa shape index (κ2) is 3.89. The standard InChI is InChI=1S/C13H17BrN2O/c1-15-4-3-8-5-12(15)16(2)13-10(8)6-9(17)7-11(13)14/h6-8,12,17H,3-5H2,1-2H3. The molecule has 0 amide bonds. The molecule has 92 valence electrons. The number of benzene rings is 1. The first-order chi connectivity index (χ1) is 8.08. The van der Waals surface area contributed by atoms with Crippen molar-refractivity contribution in [3.63, 3.8) is 0 Å². The van der Waals surface area contributed by atoms with Crippen LogP contribution in [0, 0.1) is 0 Å². The maximum absolute atomic E-state index is 9.75. The van der Waals surface area contributed by atoms with Crippen LogP contribution in [0.5, 0.6) is 5.75 Å². The first kappa shape index (κ1) is 11.4. The van der Waals surface area contributed by atoms with E-state index in [1.807, 2.05) is 6.07 Å². The molecular weight excluding hydrogens is 280 g/mol. The zero-order chi connectivity index (χ0) is 12.2. The van der Waals surface area contributed by atoms with Crippen molar-refractivity contribution in [1.29, 1.82) is 0 Å². The zero-order valence-electron chi connectivity index (χ0n) is 10.2. The topological polar surface area (TPSA) is 26.7 Å². The summed E-state index contributed by atoms with van der Waals surface area (Å²) in [6.07, 6.45) is 2.83. The first-order valence-corrected chi connectivity index (χ1v) is 6.82. The Morgan fingerprint density at radius 1 is 1.35 bits per heavy atom. The predicted molar refractivity (Wildman–Crippen MR) is 72.6 cm³/mol. The van der Waals surface area contributed by atoms with Crippen LogP contribution >= 0.6 is 15.9 Å². The minimum absolute atomic E-state index is 0.362. The molecule has 17 heavy (non-hydrogen) atoms. The lowest BCUT2D eigenvalue weighted by atomic mass is 9.83. The van der Waals surface area contributed by atoms with Gasteiger partial charge in [-0.25, -0.2) is 0 Å².